The summed E-state index contributed by atoms with van der Waals surface area (Å²) in [5.74, 6) is 0.580. The topological polar surface area (TPSA) is 57.0 Å². The molecule has 8 heteroatoms. The lowest BCUT2D eigenvalue weighted by Crippen LogP contribution is -2.24. The molecular weight excluding hydrogens is 393 g/mol. The van der Waals surface area contributed by atoms with Gasteiger partial charge in [-0.2, -0.15) is 0 Å². The second-order valence-electron chi connectivity index (χ2n) is 5.62. The summed E-state index contributed by atoms with van der Waals surface area (Å²) in [7, 11) is 1.65. The van der Waals surface area contributed by atoms with E-state index in [-0.39, 0.29) is 5.56 Å². The fourth-order valence-electron chi connectivity index (χ4n) is 2.57. The summed E-state index contributed by atoms with van der Waals surface area (Å²) >= 11 is 13.4. The molecule has 3 aromatic rings. The minimum Gasteiger partial charge on any atom is -0.385 e. The number of nitrogens with zero attached hydrogens (tertiary/aromatic N) is 3. The van der Waals surface area contributed by atoms with Crippen LogP contribution in [-0.4, -0.2) is 28.3 Å². The lowest BCUT2D eigenvalue weighted by molar-refractivity contribution is 0.189. The second kappa shape index (κ2) is 8.86. The first-order valence-electron chi connectivity index (χ1n) is 8.02. The lowest BCUT2D eigenvalue weighted by Gasteiger charge is -2.13. The first kappa shape index (κ1) is 19.2. The molecule has 0 spiro atoms. The summed E-state index contributed by atoms with van der Waals surface area (Å²) in [6.45, 7) is 1.13. The van der Waals surface area contributed by atoms with Crippen molar-refractivity contribution in [3.63, 3.8) is 0 Å². The van der Waals surface area contributed by atoms with Crippen molar-refractivity contribution in [2.45, 2.75) is 23.9 Å². The third-order valence-corrected chi connectivity index (χ3v) is 5.18. The summed E-state index contributed by atoms with van der Waals surface area (Å²) in [6.07, 6.45) is 0.733. The number of pyridine rings is 1. The molecule has 2 heterocycles. The molecular formula is C18H17Cl2N3O2S. The highest BCUT2D eigenvalue weighted by Gasteiger charge is 2.12. The van der Waals surface area contributed by atoms with Gasteiger partial charge in [0.25, 0.3) is 5.56 Å². The molecule has 0 bridgehead atoms. The first-order valence-corrected chi connectivity index (χ1v) is 9.76. The Morgan fingerprint density at radius 1 is 1.15 bits per heavy atom. The number of benzene rings is 1. The normalized spacial score (nSPS) is 11.2. The van der Waals surface area contributed by atoms with E-state index >= 15 is 0 Å². The number of aromatic nitrogens is 3. The van der Waals surface area contributed by atoms with Crippen molar-refractivity contribution in [1.29, 1.82) is 0 Å². The molecule has 2 aromatic heterocycles. The molecule has 0 saturated heterocycles. The monoisotopic (exact) mass is 409 g/mol. The van der Waals surface area contributed by atoms with Crippen molar-refractivity contribution in [3.05, 3.63) is 62.6 Å². The highest BCUT2D eigenvalue weighted by Crippen LogP contribution is 2.25. The molecule has 0 aliphatic carbocycles. The van der Waals surface area contributed by atoms with E-state index in [4.69, 9.17) is 27.9 Å². The largest absolute Gasteiger partial charge is 0.385 e. The minimum absolute atomic E-state index is 0.0417. The van der Waals surface area contributed by atoms with Gasteiger partial charge in [0, 0.05) is 26.0 Å². The molecule has 0 fully saturated rings. The van der Waals surface area contributed by atoms with E-state index in [1.54, 1.807) is 29.9 Å². The molecule has 1 aromatic carbocycles. The van der Waals surface area contributed by atoms with E-state index in [0.29, 0.717) is 45.3 Å². The Morgan fingerprint density at radius 3 is 2.62 bits per heavy atom. The number of rotatable bonds is 7. The number of halogens is 2. The van der Waals surface area contributed by atoms with Crippen LogP contribution in [0.3, 0.4) is 0 Å². The summed E-state index contributed by atoms with van der Waals surface area (Å²) in [5.41, 5.74) is 1.57. The van der Waals surface area contributed by atoms with Crippen LogP contribution in [0.1, 0.15) is 12.0 Å². The van der Waals surface area contributed by atoms with Crippen LogP contribution in [0, 0.1) is 0 Å². The van der Waals surface area contributed by atoms with Crippen molar-refractivity contribution in [1.82, 2.24) is 14.5 Å². The molecule has 5 nitrogen and oxygen atoms in total. The van der Waals surface area contributed by atoms with E-state index in [9.17, 15) is 4.79 Å². The number of para-hydroxylation sites is 1. The van der Waals surface area contributed by atoms with Gasteiger partial charge in [-0.3, -0.25) is 9.36 Å². The van der Waals surface area contributed by atoms with Crippen LogP contribution in [0.2, 0.25) is 10.3 Å². The first-order chi connectivity index (χ1) is 12.6. The number of hydrogen-bond donors (Lipinski definition) is 0. The molecule has 0 unspecified atom stereocenters. The number of fused-ring (bicyclic) bond motifs is 1. The summed E-state index contributed by atoms with van der Waals surface area (Å²) < 4.78 is 6.81. The molecule has 26 heavy (non-hydrogen) atoms. The molecule has 0 atom stereocenters. The lowest BCUT2D eigenvalue weighted by atomic mass is 10.2. The van der Waals surface area contributed by atoms with Crippen LogP contribution in [0.5, 0.6) is 0 Å². The third kappa shape index (κ3) is 4.57. The predicted octanol–water partition coefficient (Wildman–Crippen LogP) is 4.43. The van der Waals surface area contributed by atoms with Crippen LogP contribution in [0.25, 0.3) is 10.9 Å². The Hall–Kier alpha value is -1.60. The van der Waals surface area contributed by atoms with Gasteiger partial charge in [-0.25, -0.2) is 9.97 Å². The van der Waals surface area contributed by atoms with Gasteiger partial charge >= 0.3 is 0 Å². The predicted molar refractivity (Wildman–Crippen MR) is 106 cm³/mol. The number of ether oxygens (including phenoxy) is 1. The zero-order valence-corrected chi connectivity index (χ0v) is 16.4. The Bertz CT molecular complexity index is 958. The number of hydrogen-bond acceptors (Lipinski definition) is 5. The number of thioether (sulfide) groups is 1. The Balaban J connectivity index is 1.94. The molecule has 0 aliphatic heterocycles. The molecule has 136 valence electrons. The van der Waals surface area contributed by atoms with Crippen molar-refractivity contribution in [3.8, 4) is 0 Å². The standard InChI is InChI=1S/C18H17Cl2N3O2S/c1-25-8-4-7-23-17(24)13-5-2-3-6-14(13)21-18(23)26-11-12-9-15(19)22-16(20)10-12/h2-3,5-6,9-10H,4,7-8,11H2,1H3. The van der Waals surface area contributed by atoms with Gasteiger partial charge in [-0.1, -0.05) is 47.1 Å². The van der Waals surface area contributed by atoms with Crippen LogP contribution < -0.4 is 5.56 Å². The molecule has 0 aliphatic rings. The molecule has 0 N–H and O–H groups in total. The van der Waals surface area contributed by atoms with Gasteiger partial charge in [0.2, 0.25) is 0 Å². The van der Waals surface area contributed by atoms with Crippen LogP contribution in [0.4, 0.5) is 0 Å². The maximum atomic E-state index is 12.9. The minimum atomic E-state index is -0.0417. The maximum absolute atomic E-state index is 12.9. The van der Waals surface area contributed by atoms with Gasteiger partial charge in [0.1, 0.15) is 10.3 Å². The van der Waals surface area contributed by atoms with E-state index < -0.39 is 0 Å². The maximum Gasteiger partial charge on any atom is 0.262 e. The van der Waals surface area contributed by atoms with Crippen LogP contribution in [0.15, 0.2) is 46.3 Å². The zero-order valence-electron chi connectivity index (χ0n) is 14.1. The Labute approximate surface area is 165 Å². The van der Waals surface area contributed by atoms with E-state index in [2.05, 4.69) is 9.97 Å². The van der Waals surface area contributed by atoms with E-state index in [1.165, 1.54) is 11.8 Å². The highest BCUT2D eigenvalue weighted by atomic mass is 35.5. The Kier molecular flexibility index (Phi) is 6.53. The number of methoxy groups -OCH3 is 1. The van der Waals surface area contributed by atoms with Gasteiger partial charge in [-0.05, 0) is 36.2 Å². The van der Waals surface area contributed by atoms with Gasteiger partial charge < -0.3 is 4.74 Å². The van der Waals surface area contributed by atoms with Crippen molar-refractivity contribution < 1.29 is 4.74 Å². The fourth-order valence-corrected chi connectivity index (χ4v) is 4.03. The summed E-state index contributed by atoms with van der Waals surface area (Å²) in [6, 6.07) is 10.9. The molecule has 0 saturated carbocycles. The Morgan fingerprint density at radius 2 is 1.88 bits per heavy atom. The van der Waals surface area contributed by atoms with Crippen LogP contribution in [-0.2, 0) is 17.0 Å². The third-order valence-electron chi connectivity index (χ3n) is 3.75. The quantitative estimate of drug-likeness (QED) is 0.250. The summed E-state index contributed by atoms with van der Waals surface area (Å²) in [5, 5.41) is 1.97. The van der Waals surface area contributed by atoms with Gasteiger partial charge in [-0.15, -0.1) is 0 Å². The average molecular weight is 410 g/mol. The van der Waals surface area contributed by atoms with Gasteiger partial charge in [0.15, 0.2) is 5.16 Å². The van der Waals surface area contributed by atoms with Crippen LogP contribution >= 0.6 is 35.0 Å². The highest BCUT2D eigenvalue weighted by molar-refractivity contribution is 7.98. The second-order valence-corrected chi connectivity index (χ2v) is 7.34. The van der Waals surface area contributed by atoms with Crippen molar-refractivity contribution >= 4 is 45.9 Å². The SMILES string of the molecule is COCCCn1c(SCc2cc(Cl)nc(Cl)c2)nc2ccccc2c1=O. The van der Waals surface area contributed by atoms with Crippen molar-refractivity contribution in [2.75, 3.05) is 13.7 Å². The van der Waals surface area contributed by atoms with Gasteiger partial charge in [0.05, 0.1) is 10.9 Å². The molecule has 0 amide bonds. The summed E-state index contributed by atoms with van der Waals surface area (Å²) in [4.78, 5) is 21.5. The zero-order chi connectivity index (χ0) is 18.5. The molecule has 3 rings (SSSR count). The van der Waals surface area contributed by atoms with Crippen molar-refractivity contribution in [2.24, 2.45) is 0 Å². The van der Waals surface area contributed by atoms with E-state index in [1.807, 2.05) is 18.2 Å². The fraction of sp³-hybridized carbons (Fsp3) is 0.278. The molecule has 0 radical (unpaired) electrons. The van der Waals surface area contributed by atoms with E-state index in [0.717, 1.165) is 12.0 Å². The smallest absolute Gasteiger partial charge is 0.262 e. The average Bonchev–Trinajstić information content (AvgIpc) is 2.61.